The number of carbonyl (C=O) groups is 2. The van der Waals surface area contributed by atoms with E-state index in [1.165, 1.54) is 16.2 Å². The Morgan fingerprint density at radius 1 is 1.06 bits per heavy atom. The van der Waals surface area contributed by atoms with Gasteiger partial charge in [0.25, 0.3) is 11.7 Å². The number of aryl methyl sites for hydroxylation is 2. The minimum Gasteiger partial charge on any atom is -0.507 e. The molecule has 1 aliphatic heterocycles. The van der Waals surface area contributed by atoms with Crippen molar-refractivity contribution < 1.29 is 19.4 Å². The Morgan fingerprint density at radius 3 is 2.48 bits per heavy atom. The van der Waals surface area contributed by atoms with Crippen LogP contribution in [0.2, 0.25) is 0 Å². The minimum absolute atomic E-state index is 0.0924. The number of rotatable bonds is 6. The van der Waals surface area contributed by atoms with Gasteiger partial charge in [-0.3, -0.25) is 14.5 Å². The van der Waals surface area contributed by atoms with E-state index in [2.05, 4.69) is 13.8 Å². The summed E-state index contributed by atoms with van der Waals surface area (Å²) in [6.45, 7) is 8.50. The van der Waals surface area contributed by atoms with Crippen molar-refractivity contribution in [1.82, 2.24) is 0 Å². The van der Waals surface area contributed by atoms with Crippen LogP contribution in [0.1, 0.15) is 41.5 Å². The maximum Gasteiger partial charge on any atom is 0.300 e. The minimum atomic E-state index is -0.702. The van der Waals surface area contributed by atoms with Gasteiger partial charge in [0, 0.05) is 16.1 Å². The molecule has 1 aromatic heterocycles. The lowest BCUT2D eigenvalue weighted by molar-refractivity contribution is -0.132. The number of hydrogen-bond donors (Lipinski definition) is 1. The van der Waals surface area contributed by atoms with Crippen LogP contribution in [0.25, 0.3) is 5.76 Å². The van der Waals surface area contributed by atoms with E-state index >= 15 is 0 Å². The Bertz CT molecular complexity index is 1240. The van der Waals surface area contributed by atoms with Crippen molar-refractivity contribution >= 4 is 34.5 Å². The molecule has 0 radical (unpaired) electrons. The SMILES string of the molecule is Cc1ccccc1N1C(=O)C(=O)/C(=C(\O)c2cccc(OCC(C)C)c2)C1c1sccc1C. The van der Waals surface area contributed by atoms with Crippen LogP contribution in [0.15, 0.2) is 65.6 Å². The lowest BCUT2D eigenvalue weighted by atomic mass is 9.98. The Morgan fingerprint density at radius 2 is 1.82 bits per heavy atom. The van der Waals surface area contributed by atoms with Crippen molar-refractivity contribution in [3.05, 3.63) is 87.1 Å². The van der Waals surface area contributed by atoms with Gasteiger partial charge in [-0.25, -0.2) is 0 Å². The van der Waals surface area contributed by atoms with Gasteiger partial charge in [-0.1, -0.05) is 44.2 Å². The summed E-state index contributed by atoms with van der Waals surface area (Å²) < 4.78 is 5.80. The summed E-state index contributed by atoms with van der Waals surface area (Å²) in [6.07, 6.45) is 0. The van der Waals surface area contributed by atoms with E-state index in [0.717, 1.165) is 16.0 Å². The van der Waals surface area contributed by atoms with Crippen molar-refractivity contribution in [2.24, 2.45) is 5.92 Å². The number of aliphatic hydroxyl groups is 1. The number of benzene rings is 2. The summed E-state index contributed by atoms with van der Waals surface area (Å²) in [7, 11) is 0. The average molecular weight is 462 g/mol. The quantitative estimate of drug-likeness (QED) is 0.277. The van der Waals surface area contributed by atoms with Crippen LogP contribution in [0.5, 0.6) is 5.75 Å². The molecular weight excluding hydrogens is 434 g/mol. The molecule has 0 spiro atoms. The summed E-state index contributed by atoms with van der Waals surface area (Å²) in [5.74, 6) is -0.580. The molecular formula is C27H27NO4S. The van der Waals surface area contributed by atoms with Gasteiger partial charge in [0.05, 0.1) is 12.2 Å². The van der Waals surface area contributed by atoms with E-state index in [1.54, 1.807) is 18.2 Å². The van der Waals surface area contributed by atoms with Crippen LogP contribution < -0.4 is 9.64 Å². The number of nitrogens with zero attached hydrogens (tertiary/aromatic N) is 1. The number of amides is 1. The molecule has 0 saturated carbocycles. The van der Waals surface area contributed by atoms with E-state index in [4.69, 9.17) is 4.74 Å². The van der Waals surface area contributed by atoms with E-state index in [0.29, 0.717) is 29.5 Å². The molecule has 1 saturated heterocycles. The number of anilines is 1. The lowest BCUT2D eigenvalue weighted by Crippen LogP contribution is -2.30. The number of aliphatic hydroxyl groups excluding tert-OH is 1. The maximum atomic E-state index is 13.3. The third kappa shape index (κ3) is 4.31. The standard InChI is InChI=1S/C27H27NO4S/c1-16(2)15-32-20-10-7-9-19(14-20)24(29)22-23(26-18(4)12-13-33-26)28(27(31)25(22)30)21-11-6-5-8-17(21)3/h5-14,16,23,29H,15H2,1-4H3/b24-22-. The lowest BCUT2D eigenvalue weighted by Gasteiger charge is -2.26. The van der Waals surface area contributed by atoms with E-state index in [9.17, 15) is 14.7 Å². The first-order chi connectivity index (χ1) is 15.8. The van der Waals surface area contributed by atoms with Gasteiger partial charge in [0.2, 0.25) is 0 Å². The molecule has 1 aliphatic rings. The van der Waals surface area contributed by atoms with Gasteiger partial charge in [-0.15, -0.1) is 11.3 Å². The summed E-state index contributed by atoms with van der Waals surface area (Å²) in [6, 6.07) is 15.7. The number of thiophene rings is 1. The number of Topliss-reactive ketones (excluding diaryl/α,β-unsaturated/α-hetero) is 1. The molecule has 1 N–H and O–H groups in total. The van der Waals surface area contributed by atoms with Gasteiger partial charge in [-0.05, 0) is 60.5 Å². The summed E-state index contributed by atoms with van der Waals surface area (Å²) >= 11 is 1.47. The zero-order valence-corrected chi connectivity index (χ0v) is 20.0. The molecule has 1 atom stereocenters. The highest BCUT2D eigenvalue weighted by molar-refractivity contribution is 7.10. The normalized spacial score (nSPS) is 17.7. The van der Waals surface area contributed by atoms with Gasteiger partial charge in [0.1, 0.15) is 17.6 Å². The molecule has 33 heavy (non-hydrogen) atoms. The summed E-state index contributed by atoms with van der Waals surface area (Å²) in [5, 5.41) is 13.3. The largest absolute Gasteiger partial charge is 0.507 e. The van der Waals surface area contributed by atoms with Gasteiger partial charge < -0.3 is 9.84 Å². The first-order valence-corrected chi connectivity index (χ1v) is 11.8. The van der Waals surface area contributed by atoms with Gasteiger partial charge in [0.15, 0.2) is 0 Å². The molecule has 1 fully saturated rings. The van der Waals surface area contributed by atoms with Crippen LogP contribution in [0, 0.1) is 19.8 Å². The second-order valence-corrected chi connectivity index (χ2v) is 9.60. The van der Waals surface area contributed by atoms with Crippen LogP contribution in [-0.2, 0) is 9.59 Å². The summed E-state index contributed by atoms with van der Waals surface area (Å²) in [5.41, 5.74) is 3.03. The molecule has 6 heteroatoms. The van der Waals surface area contributed by atoms with Crippen molar-refractivity contribution in [2.75, 3.05) is 11.5 Å². The smallest absolute Gasteiger partial charge is 0.300 e. The van der Waals surface area contributed by atoms with Crippen LogP contribution in [0.3, 0.4) is 0 Å². The third-order valence-corrected chi connectivity index (χ3v) is 6.73. The second-order valence-electron chi connectivity index (χ2n) is 8.66. The van der Waals surface area contributed by atoms with Crippen molar-refractivity contribution in [1.29, 1.82) is 0 Å². The molecule has 3 aromatic rings. The van der Waals surface area contributed by atoms with E-state index in [1.807, 2.05) is 55.6 Å². The van der Waals surface area contributed by atoms with Gasteiger partial charge in [-0.2, -0.15) is 0 Å². The zero-order valence-electron chi connectivity index (χ0n) is 19.2. The highest BCUT2D eigenvalue weighted by atomic mass is 32.1. The Labute approximate surface area is 197 Å². The number of ketones is 1. The van der Waals surface area contributed by atoms with E-state index < -0.39 is 17.7 Å². The van der Waals surface area contributed by atoms with Crippen LogP contribution in [0.4, 0.5) is 5.69 Å². The molecule has 1 amide bonds. The Balaban J connectivity index is 1.87. The predicted octanol–water partition coefficient (Wildman–Crippen LogP) is 6.03. The molecule has 0 aliphatic carbocycles. The molecule has 1 unspecified atom stereocenters. The highest BCUT2D eigenvalue weighted by Gasteiger charge is 2.48. The molecule has 170 valence electrons. The second kappa shape index (κ2) is 9.24. The van der Waals surface area contributed by atoms with Crippen molar-refractivity contribution in [3.8, 4) is 5.75 Å². The Hall–Kier alpha value is -3.38. The number of para-hydroxylation sites is 1. The summed E-state index contributed by atoms with van der Waals surface area (Å²) in [4.78, 5) is 28.9. The average Bonchev–Trinajstić information content (AvgIpc) is 3.33. The third-order valence-electron chi connectivity index (χ3n) is 5.66. The number of ether oxygens (including phenoxy) is 1. The van der Waals surface area contributed by atoms with E-state index in [-0.39, 0.29) is 11.3 Å². The molecule has 4 rings (SSSR count). The van der Waals surface area contributed by atoms with Crippen LogP contribution >= 0.6 is 11.3 Å². The molecule has 0 bridgehead atoms. The fourth-order valence-corrected chi connectivity index (χ4v) is 5.00. The molecule has 2 aromatic carbocycles. The van der Waals surface area contributed by atoms with Crippen LogP contribution in [-0.4, -0.2) is 23.4 Å². The fraction of sp³-hybridized carbons (Fsp3) is 0.259. The Kier molecular flexibility index (Phi) is 6.38. The fourth-order valence-electron chi connectivity index (χ4n) is 3.98. The predicted molar refractivity (Wildman–Crippen MR) is 132 cm³/mol. The van der Waals surface area contributed by atoms with Crippen molar-refractivity contribution in [2.45, 2.75) is 33.7 Å². The van der Waals surface area contributed by atoms with Crippen molar-refractivity contribution in [3.63, 3.8) is 0 Å². The first kappa shape index (κ1) is 22.8. The first-order valence-electron chi connectivity index (χ1n) is 10.9. The highest BCUT2D eigenvalue weighted by Crippen LogP contribution is 2.45. The molecule has 5 nitrogen and oxygen atoms in total. The van der Waals surface area contributed by atoms with Gasteiger partial charge >= 0.3 is 0 Å². The number of carbonyl (C=O) groups excluding carboxylic acids is 2. The monoisotopic (exact) mass is 461 g/mol. The molecule has 2 heterocycles. The maximum absolute atomic E-state index is 13.3. The number of hydrogen-bond acceptors (Lipinski definition) is 5. The topological polar surface area (TPSA) is 66.8 Å². The zero-order chi connectivity index (χ0) is 23.7.